The summed E-state index contributed by atoms with van der Waals surface area (Å²) < 4.78 is 16.2. The lowest BCUT2D eigenvalue weighted by molar-refractivity contribution is -0.138. The average Bonchev–Trinajstić information content (AvgIpc) is 2.12. The molecule has 14 heavy (non-hydrogen) atoms. The zero-order valence-corrected chi connectivity index (χ0v) is 8.41. The van der Waals surface area contributed by atoms with Crippen molar-refractivity contribution in [1.82, 2.24) is 0 Å². The summed E-state index contributed by atoms with van der Waals surface area (Å²) in [4.78, 5) is 10.4. The van der Waals surface area contributed by atoms with Crippen LogP contribution in [0.5, 0.6) is 0 Å². The number of carboxylic acid groups (broad SMARTS) is 1. The molecule has 3 N–H and O–H groups in total. The number of aliphatic carboxylic acids is 1. The molecule has 0 heterocycles. The summed E-state index contributed by atoms with van der Waals surface area (Å²) in [6, 6.07) is 0. The van der Waals surface area contributed by atoms with E-state index in [-0.39, 0.29) is 18.3 Å². The summed E-state index contributed by atoms with van der Waals surface area (Å²) in [5.41, 5.74) is 5.42. The highest BCUT2D eigenvalue weighted by atomic mass is 19.1. The van der Waals surface area contributed by atoms with E-state index in [0.29, 0.717) is 19.6 Å². The van der Waals surface area contributed by atoms with E-state index < -0.39 is 12.8 Å². The van der Waals surface area contributed by atoms with Crippen LogP contribution in [0.4, 0.5) is 4.39 Å². The largest absolute Gasteiger partial charge is 0.481 e. The minimum atomic E-state index is -0.848. The Kier molecular flexibility index (Phi) is 7.32. The molecule has 0 amide bonds. The number of halogens is 1. The molecule has 0 aromatic rings. The van der Waals surface area contributed by atoms with Crippen LogP contribution in [0.25, 0.3) is 0 Å². The van der Waals surface area contributed by atoms with Gasteiger partial charge in [0.05, 0.1) is 6.61 Å². The Labute approximate surface area is 83.2 Å². The predicted octanol–water partition coefficient (Wildman–Crippen LogP) is 1.01. The maximum absolute atomic E-state index is 11.6. The van der Waals surface area contributed by atoms with Crippen LogP contribution in [-0.2, 0) is 9.53 Å². The van der Waals surface area contributed by atoms with Gasteiger partial charge >= 0.3 is 5.97 Å². The van der Waals surface area contributed by atoms with Gasteiger partial charge in [0.25, 0.3) is 0 Å². The van der Waals surface area contributed by atoms with E-state index in [9.17, 15) is 9.18 Å². The molecule has 4 nitrogen and oxygen atoms in total. The highest BCUT2D eigenvalue weighted by molar-refractivity contribution is 5.67. The Morgan fingerprint density at radius 3 is 2.71 bits per heavy atom. The van der Waals surface area contributed by atoms with Crippen molar-refractivity contribution >= 4 is 5.97 Å². The molecule has 0 aliphatic carbocycles. The maximum Gasteiger partial charge on any atom is 0.303 e. The van der Waals surface area contributed by atoms with Gasteiger partial charge in [-0.15, -0.1) is 0 Å². The number of carboxylic acids is 1. The SMILES string of the molecule is CC(COCF)CC(CN)CC(=O)O. The molecule has 0 rings (SSSR count). The molecule has 0 aliphatic heterocycles. The van der Waals surface area contributed by atoms with E-state index in [2.05, 4.69) is 4.74 Å². The normalized spacial score (nSPS) is 15.1. The molecule has 0 aliphatic rings. The lowest BCUT2D eigenvalue weighted by Gasteiger charge is -2.17. The highest BCUT2D eigenvalue weighted by Gasteiger charge is 2.15. The van der Waals surface area contributed by atoms with Crippen LogP contribution in [0.15, 0.2) is 0 Å². The van der Waals surface area contributed by atoms with Gasteiger partial charge in [-0.05, 0) is 24.8 Å². The van der Waals surface area contributed by atoms with Crippen molar-refractivity contribution in [3.63, 3.8) is 0 Å². The number of nitrogens with two attached hydrogens (primary N) is 1. The highest BCUT2D eigenvalue weighted by Crippen LogP contribution is 2.15. The van der Waals surface area contributed by atoms with Gasteiger partial charge in [0.1, 0.15) is 0 Å². The Hall–Kier alpha value is -0.680. The molecule has 0 saturated heterocycles. The van der Waals surface area contributed by atoms with Crippen LogP contribution in [-0.4, -0.2) is 31.1 Å². The Morgan fingerprint density at radius 1 is 1.64 bits per heavy atom. The van der Waals surface area contributed by atoms with Crippen LogP contribution >= 0.6 is 0 Å². The van der Waals surface area contributed by atoms with Crippen LogP contribution in [0, 0.1) is 11.8 Å². The van der Waals surface area contributed by atoms with E-state index in [1.165, 1.54) is 0 Å². The third kappa shape index (κ3) is 6.80. The van der Waals surface area contributed by atoms with Crippen molar-refractivity contribution in [1.29, 1.82) is 0 Å². The minimum absolute atomic E-state index is 0.0503. The molecule has 0 spiro atoms. The number of rotatable bonds is 8. The Balaban J connectivity index is 3.73. The van der Waals surface area contributed by atoms with Gasteiger partial charge in [-0.2, -0.15) is 0 Å². The van der Waals surface area contributed by atoms with E-state index in [1.807, 2.05) is 6.92 Å². The standard InChI is InChI=1S/C9H18FNO3/c1-7(5-14-6-10)2-8(4-11)3-9(12)13/h7-8H,2-6,11H2,1H3,(H,12,13). The second kappa shape index (κ2) is 7.70. The number of carbonyl (C=O) groups is 1. The molecule has 0 saturated carbocycles. The van der Waals surface area contributed by atoms with Crippen molar-refractivity contribution < 1.29 is 19.0 Å². The summed E-state index contributed by atoms with van der Waals surface area (Å²) in [7, 11) is 0. The van der Waals surface area contributed by atoms with Crippen LogP contribution in [0.3, 0.4) is 0 Å². The van der Waals surface area contributed by atoms with E-state index in [0.717, 1.165) is 0 Å². The monoisotopic (exact) mass is 207 g/mol. The molecular formula is C9H18FNO3. The molecular weight excluding hydrogens is 189 g/mol. The Morgan fingerprint density at radius 2 is 2.29 bits per heavy atom. The number of hydrogen-bond acceptors (Lipinski definition) is 3. The first-order chi connectivity index (χ1) is 6.60. The van der Waals surface area contributed by atoms with Crippen molar-refractivity contribution in [2.75, 3.05) is 20.0 Å². The summed E-state index contributed by atoms with van der Waals surface area (Å²) in [5, 5.41) is 8.56. The Bertz CT molecular complexity index is 166. The van der Waals surface area contributed by atoms with Gasteiger partial charge in [0.15, 0.2) is 6.86 Å². The molecule has 5 heteroatoms. The summed E-state index contributed by atoms with van der Waals surface area (Å²) in [6.07, 6.45) is 0.721. The quantitative estimate of drug-likeness (QED) is 0.623. The van der Waals surface area contributed by atoms with Gasteiger partial charge in [0, 0.05) is 6.42 Å². The van der Waals surface area contributed by atoms with Crippen LogP contribution < -0.4 is 5.73 Å². The molecule has 2 unspecified atom stereocenters. The van der Waals surface area contributed by atoms with Crippen LogP contribution in [0.2, 0.25) is 0 Å². The summed E-state index contributed by atoms with van der Waals surface area (Å²) in [5.74, 6) is -0.761. The number of ether oxygens (including phenoxy) is 1. The summed E-state index contributed by atoms with van der Waals surface area (Å²) in [6.45, 7) is 1.75. The maximum atomic E-state index is 11.6. The fourth-order valence-electron chi connectivity index (χ4n) is 1.39. The smallest absolute Gasteiger partial charge is 0.303 e. The van der Waals surface area contributed by atoms with Crippen molar-refractivity contribution in [2.24, 2.45) is 17.6 Å². The number of hydrogen-bond donors (Lipinski definition) is 2. The second-order valence-electron chi connectivity index (χ2n) is 3.52. The van der Waals surface area contributed by atoms with E-state index in [4.69, 9.17) is 10.8 Å². The van der Waals surface area contributed by atoms with Crippen LogP contribution in [0.1, 0.15) is 19.8 Å². The van der Waals surface area contributed by atoms with Crippen molar-refractivity contribution in [2.45, 2.75) is 19.8 Å². The zero-order chi connectivity index (χ0) is 11.0. The minimum Gasteiger partial charge on any atom is -0.481 e. The van der Waals surface area contributed by atoms with Gasteiger partial charge in [-0.1, -0.05) is 6.92 Å². The molecule has 0 bridgehead atoms. The first-order valence-corrected chi connectivity index (χ1v) is 4.65. The molecule has 0 fully saturated rings. The number of alkyl halides is 1. The van der Waals surface area contributed by atoms with Gasteiger partial charge in [0.2, 0.25) is 0 Å². The van der Waals surface area contributed by atoms with E-state index >= 15 is 0 Å². The fraction of sp³-hybridized carbons (Fsp3) is 0.889. The summed E-state index contributed by atoms with van der Waals surface area (Å²) >= 11 is 0. The molecule has 2 atom stereocenters. The van der Waals surface area contributed by atoms with Gasteiger partial charge < -0.3 is 15.6 Å². The lowest BCUT2D eigenvalue weighted by atomic mass is 9.94. The second-order valence-corrected chi connectivity index (χ2v) is 3.52. The molecule has 0 aromatic heterocycles. The predicted molar refractivity (Wildman–Crippen MR) is 50.5 cm³/mol. The zero-order valence-electron chi connectivity index (χ0n) is 8.41. The van der Waals surface area contributed by atoms with Gasteiger partial charge in [-0.25, -0.2) is 4.39 Å². The van der Waals surface area contributed by atoms with Crippen molar-refractivity contribution in [3.05, 3.63) is 0 Å². The first-order valence-electron chi connectivity index (χ1n) is 4.65. The van der Waals surface area contributed by atoms with Gasteiger partial charge in [-0.3, -0.25) is 4.79 Å². The van der Waals surface area contributed by atoms with Crippen molar-refractivity contribution in [3.8, 4) is 0 Å². The topological polar surface area (TPSA) is 72.5 Å². The third-order valence-electron chi connectivity index (χ3n) is 2.01. The fourth-order valence-corrected chi connectivity index (χ4v) is 1.39. The lowest BCUT2D eigenvalue weighted by Crippen LogP contribution is -2.22. The average molecular weight is 207 g/mol. The molecule has 84 valence electrons. The van der Waals surface area contributed by atoms with E-state index in [1.54, 1.807) is 0 Å². The third-order valence-corrected chi connectivity index (χ3v) is 2.01. The molecule has 0 aromatic carbocycles. The first kappa shape index (κ1) is 13.3. The molecule has 0 radical (unpaired) electrons.